The van der Waals surface area contributed by atoms with Crippen LogP contribution >= 0.6 is 11.3 Å². The van der Waals surface area contributed by atoms with Gasteiger partial charge in [0.2, 0.25) is 5.91 Å². The molecule has 1 unspecified atom stereocenters. The normalized spacial score (nSPS) is 18.5. The fourth-order valence-electron chi connectivity index (χ4n) is 2.47. The number of hydrogen-bond acceptors (Lipinski definition) is 4. The molecule has 0 saturated carbocycles. The SMILES string of the molecule is CNCC(C)C(=O)N1CCN(Cc2ccsc2)CC1. The molecule has 0 aliphatic carbocycles. The predicted octanol–water partition coefficient (Wildman–Crippen LogP) is 1.25. The first-order valence-electron chi connectivity index (χ1n) is 6.87. The van der Waals surface area contributed by atoms with Crippen molar-refractivity contribution in [3.63, 3.8) is 0 Å². The average molecular weight is 281 g/mol. The van der Waals surface area contributed by atoms with Crippen LogP contribution in [0.15, 0.2) is 16.8 Å². The summed E-state index contributed by atoms with van der Waals surface area (Å²) in [6.07, 6.45) is 0. The third kappa shape index (κ3) is 4.03. The van der Waals surface area contributed by atoms with Gasteiger partial charge in [0.1, 0.15) is 0 Å². The largest absolute Gasteiger partial charge is 0.340 e. The van der Waals surface area contributed by atoms with E-state index in [0.717, 1.165) is 39.3 Å². The van der Waals surface area contributed by atoms with Gasteiger partial charge in [0.15, 0.2) is 0 Å². The first-order chi connectivity index (χ1) is 9.20. The summed E-state index contributed by atoms with van der Waals surface area (Å²) in [5.41, 5.74) is 1.38. The van der Waals surface area contributed by atoms with Gasteiger partial charge in [0.25, 0.3) is 0 Å². The van der Waals surface area contributed by atoms with E-state index in [2.05, 4.69) is 27.0 Å². The summed E-state index contributed by atoms with van der Waals surface area (Å²) in [7, 11) is 1.89. The van der Waals surface area contributed by atoms with E-state index in [-0.39, 0.29) is 11.8 Å². The molecule has 1 aliphatic heterocycles. The Morgan fingerprint density at radius 3 is 2.74 bits per heavy atom. The first kappa shape index (κ1) is 14.5. The highest BCUT2D eigenvalue weighted by Gasteiger charge is 2.24. The molecule has 4 nitrogen and oxygen atoms in total. The van der Waals surface area contributed by atoms with Crippen LogP contribution in [0.2, 0.25) is 0 Å². The highest BCUT2D eigenvalue weighted by atomic mass is 32.1. The van der Waals surface area contributed by atoms with Crippen LogP contribution in [0.25, 0.3) is 0 Å². The molecule has 106 valence electrons. The van der Waals surface area contributed by atoms with Crippen LogP contribution in [0.3, 0.4) is 0 Å². The zero-order valence-corrected chi connectivity index (χ0v) is 12.6. The van der Waals surface area contributed by atoms with E-state index in [4.69, 9.17) is 0 Å². The second kappa shape index (κ2) is 7.03. The third-order valence-electron chi connectivity index (χ3n) is 3.60. The number of nitrogens with one attached hydrogen (secondary N) is 1. The Bertz CT molecular complexity index is 385. The minimum absolute atomic E-state index is 0.0772. The Morgan fingerprint density at radius 1 is 1.42 bits per heavy atom. The molecule has 19 heavy (non-hydrogen) atoms. The molecule has 1 aliphatic rings. The van der Waals surface area contributed by atoms with Crippen LogP contribution in [0.1, 0.15) is 12.5 Å². The zero-order valence-electron chi connectivity index (χ0n) is 11.8. The van der Waals surface area contributed by atoms with Gasteiger partial charge in [0.05, 0.1) is 0 Å². The number of rotatable bonds is 5. The number of hydrogen-bond donors (Lipinski definition) is 1. The van der Waals surface area contributed by atoms with Crippen LogP contribution < -0.4 is 5.32 Å². The van der Waals surface area contributed by atoms with Crippen molar-refractivity contribution in [2.45, 2.75) is 13.5 Å². The lowest BCUT2D eigenvalue weighted by atomic mass is 10.1. The molecule has 0 bridgehead atoms. The third-order valence-corrected chi connectivity index (χ3v) is 4.33. The second-order valence-corrected chi connectivity index (χ2v) is 5.97. The van der Waals surface area contributed by atoms with Gasteiger partial charge >= 0.3 is 0 Å². The highest BCUT2D eigenvalue weighted by molar-refractivity contribution is 7.07. The Balaban J connectivity index is 1.77. The monoisotopic (exact) mass is 281 g/mol. The molecule has 2 heterocycles. The predicted molar refractivity (Wildman–Crippen MR) is 79.3 cm³/mol. The van der Waals surface area contributed by atoms with Crippen LogP contribution in [-0.4, -0.2) is 55.5 Å². The first-order valence-corrected chi connectivity index (χ1v) is 7.82. The van der Waals surface area contributed by atoms with Gasteiger partial charge in [-0.3, -0.25) is 9.69 Å². The van der Waals surface area contributed by atoms with Crippen molar-refractivity contribution in [1.82, 2.24) is 15.1 Å². The molecule has 0 spiro atoms. The fourth-order valence-corrected chi connectivity index (χ4v) is 3.13. The maximum Gasteiger partial charge on any atom is 0.226 e. The van der Waals surface area contributed by atoms with Crippen LogP contribution in [0.5, 0.6) is 0 Å². The second-order valence-electron chi connectivity index (χ2n) is 5.19. The van der Waals surface area contributed by atoms with Crippen molar-refractivity contribution in [3.8, 4) is 0 Å². The number of carbonyl (C=O) groups excluding carboxylic acids is 1. The van der Waals surface area contributed by atoms with Crippen LogP contribution in [-0.2, 0) is 11.3 Å². The minimum Gasteiger partial charge on any atom is -0.340 e. The van der Waals surface area contributed by atoms with Crippen LogP contribution in [0.4, 0.5) is 0 Å². The summed E-state index contributed by atoms with van der Waals surface area (Å²) in [6.45, 7) is 7.44. The number of piperazine rings is 1. The van der Waals surface area contributed by atoms with Gasteiger partial charge in [-0.25, -0.2) is 0 Å². The van der Waals surface area contributed by atoms with Crippen molar-refractivity contribution >= 4 is 17.2 Å². The van der Waals surface area contributed by atoms with Crippen molar-refractivity contribution in [3.05, 3.63) is 22.4 Å². The molecular weight excluding hydrogens is 258 g/mol. The van der Waals surface area contributed by atoms with Gasteiger partial charge in [-0.05, 0) is 29.4 Å². The molecule has 0 radical (unpaired) electrons. The lowest BCUT2D eigenvalue weighted by Gasteiger charge is -2.35. The summed E-state index contributed by atoms with van der Waals surface area (Å²) < 4.78 is 0. The number of nitrogens with zero attached hydrogens (tertiary/aromatic N) is 2. The van der Waals surface area contributed by atoms with Crippen molar-refractivity contribution in [2.24, 2.45) is 5.92 Å². The van der Waals surface area contributed by atoms with Gasteiger partial charge < -0.3 is 10.2 Å². The maximum atomic E-state index is 12.2. The summed E-state index contributed by atoms with van der Waals surface area (Å²) in [5, 5.41) is 7.39. The van der Waals surface area contributed by atoms with E-state index >= 15 is 0 Å². The highest BCUT2D eigenvalue weighted by Crippen LogP contribution is 2.12. The minimum atomic E-state index is 0.0772. The van der Waals surface area contributed by atoms with Crippen molar-refractivity contribution in [1.29, 1.82) is 0 Å². The Hall–Kier alpha value is -0.910. The number of carbonyl (C=O) groups is 1. The molecule has 1 N–H and O–H groups in total. The van der Waals surface area contributed by atoms with E-state index in [0.29, 0.717) is 0 Å². The molecular formula is C14H23N3OS. The van der Waals surface area contributed by atoms with Gasteiger partial charge in [-0.1, -0.05) is 6.92 Å². The molecule has 1 saturated heterocycles. The topological polar surface area (TPSA) is 35.6 Å². The van der Waals surface area contributed by atoms with E-state index in [1.807, 2.05) is 18.9 Å². The molecule has 1 aromatic rings. The van der Waals surface area contributed by atoms with Crippen molar-refractivity contribution in [2.75, 3.05) is 39.8 Å². The van der Waals surface area contributed by atoms with E-state index in [9.17, 15) is 4.79 Å². The summed E-state index contributed by atoms with van der Waals surface area (Å²) >= 11 is 1.74. The lowest BCUT2D eigenvalue weighted by molar-refractivity contribution is -0.136. The quantitative estimate of drug-likeness (QED) is 0.882. The average Bonchev–Trinajstić information content (AvgIpc) is 2.92. The van der Waals surface area contributed by atoms with Crippen LogP contribution in [0, 0.1) is 5.92 Å². The van der Waals surface area contributed by atoms with E-state index in [1.165, 1.54) is 5.56 Å². The molecule has 1 fully saturated rings. The van der Waals surface area contributed by atoms with Crippen molar-refractivity contribution < 1.29 is 4.79 Å². The summed E-state index contributed by atoms with van der Waals surface area (Å²) in [5.74, 6) is 0.359. The van der Waals surface area contributed by atoms with E-state index < -0.39 is 0 Å². The fraction of sp³-hybridized carbons (Fsp3) is 0.643. The zero-order chi connectivity index (χ0) is 13.7. The molecule has 0 aromatic carbocycles. The Morgan fingerprint density at radius 2 is 2.16 bits per heavy atom. The standard InChI is InChI=1S/C14H23N3OS/c1-12(9-15-2)14(18)17-6-4-16(5-7-17)10-13-3-8-19-11-13/h3,8,11-12,15H,4-7,9-10H2,1-2H3. The summed E-state index contributed by atoms with van der Waals surface area (Å²) in [6, 6.07) is 2.18. The molecule has 2 rings (SSSR count). The number of thiophene rings is 1. The Kier molecular flexibility index (Phi) is 5.36. The van der Waals surface area contributed by atoms with Gasteiger partial charge in [0, 0.05) is 45.2 Å². The lowest BCUT2D eigenvalue weighted by Crippen LogP contribution is -2.50. The Labute approximate surface area is 119 Å². The van der Waals surface area contributed by atoms with Gasteiger partial charge in [-0.15, -0.1) is 0 Å². The maximum absolute atomic E-state index is 12.2. The van der Waals surface area contributed by atoms with E-state index in [1.54, 1.807) is 11.3 Å². The number of amides is 1. The molecule has 1 atom stereocenters. The summed E-state index contributed by atoms with van der Waals surface area (Å²) in [4.78, 5) is 16.6. The smallest absolute Gasteiger partial charge is 0.226 e. The molecule has 5 heteroatoms. The molecule has 1 aromatic heterocycles. The molecule has 1 amide bonds. The van der Waals surface area contributed by atoms with Gasteiger partial charge in [-0.2, -0.15) is 11.3 Å².